The molecule has 2 atom stereocenters. The third-order valence-electron chi connectivity index (χ3n) is 3.52. The Morgan fingerprint density at radius 3 is 3.00 bits per heavy atom. The molecule has 0 heterocycles. The van der Waals surface area contributed by atoms with Crippen LogP contribution in [-0.4, -0.2) is 4.83 Å². The lowest BCUT2D eigenvalue weighted by molar-refractivity contribution is 0.585. The minimum Gasteiger partial charge on any atom is -0.0878 e. The van der Waals surface area contributed by atoms with Gasteiger partial charge in [0.1, 0.15) is 0 Å². The zero-order valence-electron chi connectivity index (χ0n) is 7.96. The van der Waals surface area contributed by atoms with E-state index in [-0.39, 0.29) is 5.41 Å². The molecule has 0 amide bonds. The summed E-state index contributed by atoms with van der Waals surface area (Å²) in [4.78, 5) is 0.603. The Hall–Kier alpha value is -0.560. The summed E-state index contributed by atoms with van der Waals surface area (Å²) in [5.74, 6) is 0. The molecule has 1 saturated carbocycles. The van der Waals surface area contributed by atoms with Gasteiger partial charge in [0.15, 0.2) is 0 Å². The summed E-state index contributed by atoms with van der Waals surface area (Å²) in [5.41, 5.74) is 3.02. The maximum Gasteiger partial charge on any atom is 0.0278 e. The van der Waals surface area contributed by atoms with Crippen molar-refractivity contribution in [2.45, 2.75) is 29.5 Å². The van der Waals surface area contributed by atoms with Gasteiger partial charge >= 0.3 is 0 Å². The fourth-order valence-corrected chi connectivity index (χ4v) is 3.68. The molecule has 1 aromatic rings. The van der Waals surface area contributed by atoms with Crippen molar-refractivity contribution in [1.82, 2.24) is 0 Å². The van der Waals surface area contributed by atoms with Crippen molar-refractivity contribution in [1.29, 1.82) is 0 Å². The van der Waals surface area contributed by atoms with Gasteiger partial charge in [0.2, 0.25) is 0 Å². The highest BCUT2D eigenvalue weighted by Gasteiger charge is 2.44. The van der Waals surface area contributed by atoms with E-state index in [0.717, 1.165) is 0 Å². The quantitative estimate of drug-likeness (QED) is 0.615. The molecule has 0 aliphatic heterocycles. The topological polar surface area (TPSA) is 0 Å². The van der Waals surface area contributed by atoms with E-state index in [1.807, 2.05) is 0 Å². The monoisotopic (exact) mass is 247 g/mol. The van der Waals surface area contributed by atoms with Crippen LogP contribution in [0.2, 0.25) is 0 Å². The highest BCUT2D eigenvalue weighted by atomic mass is 79.9. The number of alkyl halides is 1. The number of hydrogen-bond donors (Lipinski definition) is 0. The molecule has 3 rings (SSSR count). The molecular formula is C13H12Br. The summed E-state index contributed by atoms with van der Waals surface area (Å²) in [6.45, 7) is 0. The molecule has 0 saturated heterocycles. The first-order chi connectivity index (χ1) is 6.83. The highest BCUT2D eigenvalue weighted by Crippen LogP contribution is 2.50. The summed E-state index contributed by atoms with van der Waals surface area (Å²) < 4.78 is 0. The standard InChI is InChI=1S/C13H12Br/c14-12-6-3-8-13(12)9-7-10-4-1-2-5-11(10)13/h1-2,4-5,9,12H,3,6,8H2. The van der Waals surface area contributed by atoms with Crippen LogP contribution in [0.3, 0.4) is 0 Å². The SMILES string of the molecule is BrC1CCCC12C=[C]c1ccccc12. The third kappa shape index (κ3) is 0.993. The number of hydrogen-bond acceptors (Lipinski definition) is 0. The molecule has 1 heteroatoms. The Morgan fingerprint density at radius 1 is 1.36 bits per heavy atom. The van der Waals surface area contributed by atoms with Crippen LogP contribution in [0.25, 0.3) is 0 Å². The first-order valence-electron chi connectivity index (χ1n) is 5.17. The van der Waals surface area contributed by atoms with Gasteiger partial charge in [-0.3, -0.25) is 0 Å². The van der Waals surface area contributed by atoms with E-state index in [1.165, 1.54) is 30.4 Å². The Balaban J connectivity index is 2.17. The van der Waals surface area contributed by atoms with Crippen molar-refractivity contribution in [3.63, 3.8) is 0 Å². The van der Waals surface area contributed by atoms with Gasteiger partial charge in [-0.05, 0) is 30.0 Å². The second-order valence-electron chi connectivity index (χ2n) is 4.23. The normalized spacial score (nSPS) is 33.9. The highest BCUT2D eigenvalue weighted by molar-refractivity contribution is 9.09. The summed E-state index contributed by atoms with van der Waals surface area (Å²) in [5, 5.41) is 0. The minimum absolute atomic E-state index is 0.261. The van der Waals surface area contributed by atoms with E-state index in [0.29, 0.717) is 4.83 Å². The molecule has 0 aromatic heterocycles. The fourth-order valence-electron chi connectivity index (χ4n) is 2.75. The van der Waals surface area contributed by atoms with E-state index < -0.39 is 0 Å². The summed E-state index contributed by atoms with van der Waals surface area (Å²) in [6, 6.07) is 8.65. The largest absolute Gasteiger partial charge is 0.0878 e. The third-order valence-corrected chi connectivity index (χ3v) is 4.80. The average Bonchev–Trinajstić information content (AvgIpc) is 2.76. The van der Waals surface area contributed by atoms with Gasteiger partial charge in [-0.25, -0.2) is 0 Å². The molecule has 1 fully saturated rings. The van der Waals surface area contributed by atoms with Crippen molar-refractivity contribution in [3.8, 4) is 0 Å². The molecule has 14 heavy (non-hydrogen) atoms. The Morgan fingerprint density at radius 2 is 2.21 bits per heavy atom. The smallest absolute Gasteiger partial charge is 0.0278 e. The lowest BCUT2D eigenvalue weighted by Gasteiger charge is -2.27. The zero-order chi connectivity index (χ0) is 9.60. The number of rotatable bonds is 0. The van der Waals surface area contributed by atoms with E-state index in [4.69, 9.17) is 0 Å². The molecule has 1 radical (unpaired) electrons. The van der Waals surface area contributed by atoms with Gasteiger partial charge in [0, 0.05) is 10.2 Å². The Bertz CT molecular complexity index is 394. The predicted molar refractivity (Wildman–Crippen MR) is 61.6 cm³/mol. The van der Waals surface area contributed by atoms with E-state index >= 15 is 0 Å². The Labute approximate surface area is 93.2 Å². The van der Waals surface area contributed by atoms with Crippen molar-refractivity contribution in [3.05, 3.63) is 47.5 Å². The lowest BCUT2D eigenvalue weighted by atomic mass is 9.81. The van der Waals surface area contributed by atoms with Gasteiger partial charge < -0.3 is 0 Å². The second-order valence-corrected chi connectivity index (χ2v) is 5.34. The van der Waals surface area contributed by atoms with Gasteiger partial charge in [-0.1, -0.05) is 52.7 Å². The van der Waals surface area contributed by atoms with Crippen LogP contribution in [0.4, 0.5) is 0 Å². The van der Waals surface area contributed by atoms with E-state index in [9.17, 15) is 0 Å². The first-order valence-corrected chi connectivity index (χ1v) is 6.09. The van der Waals surface area contributed by atoms with Crippen LogP contribution < -0.4 is 0 Å². The molecule has 2 unspecified atom stereocenters. The molecule has 1 aromatic carbocycles. The number of halogens is 1. The van der Waals surface area contributed by atoms with Crippen LogP contribution in [0.5, 0.6) is 0 Å². The van der Waals surface area contributed by atoms with Gasteiger partial charge in [-0.15, -0.1) is 0 Å². The van der Waals surface area contributed by atoms with Gasteiger partial charge in [-0.2, -0.15) is 0 Å². The molecule has 0 nitrogen and oxygen atoms in total. The number of benzene rings is 1. The summed E-state index contributed by atoms with van der Waals surface area (Å²) in [7, 11) is 0. The molecule has 2 aliphatic rings. The molecular weight excluding hydrogens is 236 g/mol. The Kier molecular flexibility index (Phi) is 1.85. The molecule has 1 spiro atoms. The van der Waals surface area contributed by atoms with Crippen LogP contribution in [0.15, 0.2) is 30.3 Å². The van der Waals surface area contributed by atoms with E-state index in [2.05, 4.69) is 52.3 Å². The van der Waals surface area contributed by atoms with E-state index in [1.54, 1.807) is 0 Å². The molecule has 71 valence electrons. The molecule has 2 aliphatic carbocycles. The zero-order valence-corrected chi connectivity index (χ0v) is 9.55. The summed E-state index contributed by atoms with van der Waals surface area (Å²) >= 11 is 3.82. The molecule has 0 bridgehead atoms. The molecule has 0 N–H and O–H groups in total. The van der Waals surface area contributed by atoms with Crippen LogP contribution >= 0.6 is 15.9 Å². The van der Waals surface area contributed by atoms with Crippen molar-refractivity contribution in [2.24, 2.45) is 0 Å². The van der Waals surface area contributed by atoms with Crippen LogP contribution in [0, 0.1) is 6.08 Å². The van der Waals surface area contributed by atoms with Crippen molar-refractivity contribution < 1.29 is 0 Å². The van der Waals surface area contributed by atoms with Gasteiger partial charge in [0.05, 0.1) is 0 Å². The average molecular weight is 248 g/mol. The maximum absolute atomic E-state index is 3.82. The summed E-state index contributed by atoms with van der Waals surface area (Å²) in [6.07, 6.45) is 9.57. The number of fused-ring (bicyclic) bond motifs is 2. The fraction of sp³-hybridized carbons (Fsp3) is 0.385. The van der Waals surface area contributed by atoms with Crippen LogP contribution in [-0.2, 0) is 5.41 Å². The van der Waals surface area contributed by atoms with Crippen molar-refractivity contribution >= 4 is 15.9 Å². The number of allylic oxidation sites excluding steroid dienone is 1. The van der Waals surface area contributed by atoms with Crippen LogP contribution in [0.1, 0.15) is 30.4 Å². The first kappa shape index (κ1) is 8.72. The maximum atomic E-state index is 3.82. The second kappa shape index (κ2) is 2.96. The predicted octanol–water partition coefficient (Wildman–Crippen LogP) is 3.59. The van der Waals surface area contributed by atoms with Gasteiger partial charge in [0.25, 0.3) is 0 Å². The van der Waals surface area contributed by atoms with Crippen molar-refractivity contribution in [2.75, 3.05) is 0 Å². The lowest BCUT2D eigenvalue weighted by Crippen LogP contribution is -2.26. The minimum atomic E-state index is 0.261.